The highest BCUT2D eigenvalue weighted by atomic mass is 35.5. The van der Waals surface area contributed by atoms with E-state index in [2.05, 4.69) is 18.8 Å². The lowest BCUT2D eigenvalue weighted by molar-refractivity contribution is 0.512. The standard InChI is InChI=1S/C13H14Cl2N2S/c1-7(2)12(16)13-17-10(6-18-13)8-4-3-5-9(14)11(8)15/h3-7,12H,16H2,1-2H3. The van der Waals surface area contributed by atoms with Gasteiger partial charge in [0.2, 0.25) is 0 Å². The second-order valence-electron chi connectivity index (χ2n) is 4.44. The minimum Gasteiger partial charge on any atom is -0.322 e. The monoisotopic (exact) mass is 300 g/mol. The van der Waals surface area contributed by atoms with Crippen LogP contribution < -0.4 is 5.73 Å². The van der Waals surface area contributed by atoms with Gasteiger partial charge in [-0.3, -0.25) is 0 Å². The van der Waals surface area contributed by atoms with Gasteiger partial charge in [-0.2, -0.15) is 0 Å². The Balaban J connectivity index is 2.38. The molecule has 0 amide bonds. The van der Waals surface area contributed by atoms with Gasteiger partial charge in [0.25, 0.3) is 0 Å². The van der Waals surface area contributed by atoms with Crippen LogP contribution in [0.1, 0.15) is 24.9 Å². The fraction of sp³-hybridized carbons (Fsp3) is 0.308. The fourth-order valence-electron chi connectivity index (χ4n) is 1.55. The van der Waals surface area contributed by atoms with E-state index < -0.39 is 0 Å². The van der Waals surface area contributed by atoms with Crippen LogP contribution in [-0.4, -0.2) is 4.98 Å². The first-order chi connectivity index (χ1) is 8.50. The third-order valence-electron chi connectivity index (χ3n) is 2.75. The van der Waals surface area contributed by atoms with Gasteiger partial charge in [0, 0.05) is 10.9 Å². The summed E-state index contributed by atoms with van der Waals surface area (Å²) in [4.78, 5) is 4.55. The first-order valence-electron chi connectivity index (χ1n) is 5.66. The predicted octanol–water partition coefficient (Wildman–Crippen LogP) is 4.77. The molecular formula is C13H14Cl2N2S. The van der Waals surface area contributed by atoms with E-state index in [1.54, 1.807) is 17.4 Å². The second kappa shape index (κ2) is 5.57. The van der Waals surface area contributed by atoms with Crippen LogP contribution in [0.5, 0.6) is 0 Å². The van der Waals surface area contributed by atoms with Crippen LogP contribution in [0.25, 0.3) is 11.3 Å². The molecule has 0 aliphatic carbocycles. The molecule has 1 heterocycles. The highest BCUT2D eigenvalue weighted by Gasteiger charge is 2.16. The van der Waals surface area contributed by atoms with Crippen LogP contribution in [0, 0.1) is 5.92 Å². The van der Waals surface area contributed by atoms with E-state index in [0.717, 1.165) is 16.3 Å². The van der Waals surface area contributed by atoms with Crippen molar-refractivity contribution < 1.29 is 0 Å². The van der Waals surface area contributed by atoms with E-state index in [-0.39, 0.29) is 6.04 Å². The van der Waals surface area contributed by atoms with Gasteiger partial charge in [-0.15, -0.1) is 11.3 Å². The van der Waals surface area contributed by atoms with Crippen molar-refractivity contribution in [2.75, 3.05) is 0 Å². The number of aromatic nitrogens is 1. The van der Waals surface area contributed by atoms with E-state index in [1.807, 2.05) is 17.5 Å². The third kappa shape index (κ3) is 2.69. The maximum Gasteiger partial charge on any atom is 0.110 e. The second-order valence-corrected chi connectivity index (χ2v) is 6.12. The molecular weight excluding hydrogens is 287 g/mol. The number of benzene rings is 1. The lowest BCUT2D eigenvalue weighted by Crippen LogP contribution is -2.16. The number of nitrogens with zero attached hydrogens (tertiary/aromatic N) is 1. The Labute approximate surface area is 121 Å². The molecule has 1 atom stereocenters. The molecule has 2 rings (SSSR count). The molecule has 0 aliphatic rings. The molecule has 1 aromatic heterocycles. The smallest absolute Gasteiger partial charge is 0.110 e. The average Bonchev–Trinajstić information content (AvgIpc) is 2.80. The molecule has 0 fully saturated rings. The van der Waals surface area contributed by atoms with Gasteiger partial charge in [-0.25, -0.2) is 4.98 Å². The molecule has 0 aliphatic heterocycles. The minimum absolute atomic E-state index is 0.0401. The molecule has 0 radical (unpaired) electrons. The minimum atomic E-state index is -0.0401. The normalized spacial score (nSPS) is 13.0. The molecule has 2 nitrogen and oxygen atoms in total. The summed E-state index contributed by atoms with van der Waals surface area (Å²) in [6, 6.07) is 5.50. The van der Waals surface area contributed by atoms with Gasteiger partial charge < -0.3 is 5.73 Å². The van der Waals surface area contributed by atoms with Crippen molar-refractivity contribution in [3.05, 3.63) is 38.6 Å². The molecule has 1 aromatic carbocycles. The highest BCUT2D eigenvalue weighted by molar-refractivity contribution is 7.10. The van der Waals surface area contributed by atoms with Crippen molar-refractivity contribution >= 4 is 34.5 Å². The summed E-state index contributed by atoms with van der Waals surface area (Å²) in [7, 11) is 0. The van der Waals surface area contributed by atoms with Crippen molar-refractivity contribution in [3.8, 4) is 11.3 Å². The molecule has 1 unspecified atom stereocenters. The number of halogens is 2. The maximum absolute atomic E-state index is 6.18. The van der Waals surface area contributed by atoms with Gasteiger partial charge in [0.1, 0.15) is 5.01 Å². The third-order valence-corrected chi connectivity index (χ3v) is 4.52. The summed E-state index contributed by atoms with van der Waals surface area (Å²) in [5.74, 6) is 0.360. The molecule has 0 spiro atoms. The van der Waals surface area contributed by atoms with Crippen molar-refractivity contribution in [2.24, 2.45) is 11.7 Å². The SMILES string of the molecule is CC(C)C(N)c1nc(-c2cccc(Cl)c2Cl)cs1. The highest BCUT2D eigenvalue weighted by Crippen LogP contribution is 2.35. The van der Waals surface area contributed by atoms with E-state index in [9.17, 15) is 0 Å². The Kier molecular flexibility index (Phi) is 4.28. The lowest BCUT2D eigenvalue weighted by Gasteiger charge is -2.11. The van der Waals surface area contributed by atoms with Crippen molar-refractivity contribution in [1.29, 1.82) is 0 Å². The van der Waals surface area contributed by atoms with Gasteiger partial charge >= 0.3 is 0 Å². The van der Waals surface area contributed by atoms with Crippen LogP contribution >= 0.6 is 34.5 Å². The molecule has 0 saturated heterocycles. The van der Waals surface area contributed by atoms with E-state index in [4.69, 9.17) is 28.9 Å². The number of hydrogen-bond donors (Lipinski definition) is 1. The van der Waals surface area contributed by atoms with Gasteiger partial charge in [0.15, 0.2) is 0 Å². The fourth-order valence-corrected chi connectivity index (χ4v) is 2.94. The number of nitrogens with two attached hydrogens (primary N) is 1. The van der Waals surface area contributed by atoms with Crippen LogP contribution in [0.4, 0.5) is 0 Å². The first kappa shape index (κ1) is 13.8. The van der Waals surface area contributed by atoms with Gasteiger partial charge in [-0.1, -0.05) is 49.2 Å². The average molecular weight is 301 g/mol. The molecule has 18 heavy (non-hydrogen) atoms. The Morgan fingerprint density at radius 2 is 2.00 bits per heavy atom. The molecule has 96 valence electrons. The Morgan fingerprint density at radius 3 is 2.67 bits per heavy atom. The Morgan fingerprint density at radius 1 is 1.28 bits per heavy atom. The quantitative estimate of drug-likeness (QED) is 0.886. The van der Waals surface area contributed by atoms with Crippen LogP contribution in [0.15, 0.2) is 23.6 Å². The zero-order valence-corrected chi connectivity index (χ0v) is 12.5. The molecule has 0 bridgehead atoms. The summed E-state index contributed by atoms with van der Waals surface area (Å²) in [6.45, 7) is 4.16. The zero-order chi connectivity index (χ0) is 13.3. The van der Waals surface area contributed by atoms with Crippen molar-refractivity contribution in [1.82, 2.24) is 4.98 Å². The largest absolute Gasteiger partial charge is 0.322 e. The summed E-state index contributed by atoms with van der Waals surface area (Å²) in [6.07, 6.45) is 0. The van der Waals surface area contributed by atoms with E-state index in [1.165, 1.54) is 0 Å². The Hall–Kier alpha value is -0.610. The molecule has 2 N–H and O–H groups in total. The summed E-state index contributed by atoms with van der Waals surface area (Å²) >= 11 is 13.7. The van der Waals surface area contributed by atoms with Crippen LogP contribution in [0.3, 0.4) is 0 Å². The van der Waals surface area contributed by atoms with E-state index in [0.29, 0.717) is 16.0 Å². The number of thiazole rings is 1. The predicted molar refractivity (Wildman–Crippen MR) is 79.3 cm³/mol. The van der Waals surface area contributed by atoms with Crippen LogP contribution in [0.2, 0.25) is 10.0 Å². The van der Waals surface area contributed by atoms with Gasteiger partial charge in [0.05, 0.1) is 21.8 Å². The topological polar surface area (TPSA) is 38.9 Å². The zero-order valence-electron chi connectivity index (χ0n) is 10.2. The van der Waals surface area contributed by atoms with Crippen LogP contribution in [-0.2, 0) is 0 Å². The summed E-state index contributed by atoms with van der Waals surface area (Å²) in [5.41, 5.74) is 7.77. The molecule has 2 aromatic rings. The maximum atomic E-state index is 6.18. The molecule has 5 heteroatoms. The van der Waals surface area contributed by atoms with Gasteiger partial charge in [-0.05, 0) is 12.0 Å². The number of hydrogen-bond acceptors (Lipinski definition) is 3. The summed E-state index contributed by atoms with van der Waals surface area (Å²) in [5, 5.41) is 3.97. The molecule has 0 saturated carbocycles. The summed E-state index contributed by atoms with van der Waals surface area (Å²) < 4.78 is 0. The van der Waals surface area contributed by atoms with E-state index >= 15 is 0 Å². The van der Waals surface area contributed by atoms with Crippen molar-refractivity contribution in [2.45, 2.75) is 19.9 Å². The number of rotatable bonds is 3. The van der Waals surface area contributed by atoms with Crippen molar-refractivity contribution in [3.63, 3.8) is 0 Å². The lowest BCUT2D eigenvalue weighted by atomic mass is 10.1. The first-order valence-corrected chi connectivity index (χ1v) is 7.29. The Bertz CT molecular complexity index is 552.